The lowest BCUT2D eigenvalue weighted by Crippen LogP contribution is -2.33. The number of fused-ring (bicyclic) bond motifs is 1. The first-order valence-corrected chi connectivity index (χ1v) is 9.74. The molecule has 3 amide bonds. The number of nitrogens with one attached hydrogen (secondary N) is 2. The van der Waals surface area contributed by atoms with Crippen LogP contribution in [0.25, 0.3) is 10.8 Å². The van der Waals surface area contributed by atoms with Crippen LogP contribution in [-0.2, 0) is 11.3 Å². The molecule has 0 unspecified atom stereocenters. The molecule has 31 heavy (non-hydrogen) atoms. The smallest absolute Gasteiger partial charge is 0.276 e. The van der Waals surface area contributed by atoms with Crippen LogP contribution in [0.3, 0.4) is 0 Å². The Hall–Kier alpha value is -4.01. The van der Waals surface area contributed by atoms with Gasteiger partial charge in [-0.25, -0.2) is 4.68 Å². The number of nitrogens with zero attached hydrogens (tertiary/aromatic N) is 2. The number of benzene rings is 2. The summed E-state index contributed by atoms with van der Waals surface area (Å²) in [5.41, 5.74) is 5.51. The van der Waals surface area contributed by atoms with Crippen molar-refractivity contribution in [3.63, 3.8) is 0 Å². The normalized spacial score (nSPS) is 10.8. The summed E-state index contributed by atoms with van der Waals surface area (Å²) in [7, 11) is 0. The number of carbonyl (C=O) groups excluding carboxylic acids is 3. The van der Waals surface area contributed by atoms with E-state index in [0.29, 0.717) is 23.0 Å². The van der Waals surface area contributed by atoms with E-state index in [1.54, 1.807) is 42.5 Å². The van der Waals surface area contributed by atoms with Gasteiger partial charge in [0.15, 0.2) is 5.69 Å². The summed E-state index contributed by atoms with van der Waals surface area (Å²) < 4.78 is 1.30. The molecule has 0 aliphatic rings. The van der Waals surface area contributed by atoms with Crippen molar-refractivity contribution in [2.75, 3.05) is 11.9 Å². The van der Waals surface area contributed by atoms with E-state index < -0.39 is 17.7 Å². The van der Waals surface area contributed by atoms with Crippen molar-refractivity contribution in [3.8, 4) is 0 Å². The molecule has 0 aliphatic carbocycles. The number of carbonyl (C=O) groups is 3. The van der Waals surface area contributed by atoms with Crippen molar-refractivity contribution >= 4 is 34.2 Å². The van der Waals surface area contributed by atoms with Crippen LogP contribution in [0, 0.1) is 5.92 Å². The predicted octanol–water partition coefficient (Wildman–Crippen LogP) is 1.52. The minimum Gasteiger partial charge on any atom is -0.368 e. The highest BCUT2D eigenvalue weighted by Crippen LogP contribution is 2.17. The maximum absolute atomic E-state index is 13.0. The van der Waals surface area contributed by atoms with Gasteiger partial charge in [0, 0.05) is 23.2 Å². The Morgan fingerprint density at radius 3 is 2.42 bits per heavy atom. The summed E-state index contributed by atoms with van der Waals surface area (Å²) in [5, 5.41) is 10.3. The summed E-state index contributed by atoms with van der Waals surface area (Å²) in [5.74, 6) is -1.50. The van der Waals surface area contributed by atoms with Gasteiger partial charge in [-0.15, -0.1) is 0 Å². The number of hydrogen-bond donors (Lipinski definition) is 3. The molecule has 0 aliphatic heterocycles. The molecule has 2 aromatic carbocycles. The van der Waals surface area contributed by atoms with Crippen LogP contribution in [0.15, 0.2) is 53.3 Å². The van der Waals surface area contributed by atoms with Crippen LogP contribution < -0.4 is 21.9 Å². The summed E-state index contributed by atoms with van der Waals surface area (Å²) in [6.45, 7) is 4.00. The van der Waals surface area contributed by atoms with E-state index in [-0.39, 0.29) is 29.3 Å². The minimum absolute atomic E-state index is 0.111. The summed E-state index contributed by atoms with van der Waals surface area (Å²) in [6, 6.07) is 13.0. The second kappa shape index (κ2) is 9.21. The van der Waals surface area contributed by atoms with E-state index in [1.165, 1.54) is 10.7 Å². The van der Waals surface area contributed by atoms with Crippen LogP contribution in [-0.4, -0.2) is 34.0 Å². The lowest BCUT2D eigenvalue weighted by Gasteiger charge is -2.13. The van der Waals surface area contributed by atoms with Gasteiger partial charge in [-0.3, -0.25) is 19.2 Å². The summed E-state index contributed by atoms with van der Waals surface area (Å²) >= 11 is 0. The average Bonchev–Trinajstić information content (AvgIpc) is 2.73. The molecule has 0 spiro atoms. The second-order valence-corrected chi connectivity index (χ2v) is 7.46. The van der Waals surface area contributed by atoms with Gasteiger partial charge >= 0.3 is 0 Å². The molecule has 3 rings (SSSR count). The largest absolute Gasteiger partial charge is 0.368 e. The fraction of sp³-hybridized carbons (Fsp3) is 0.227. The highest BCUT2D eigenvalue weighted by molar-refractivity contribution is 6.11. The van der Waals surface area contributed by atoms with Crippen LogP contribution in [0.4, 0.5) is 5.69 Å². The van der Waals surface area contributed by atoms with E-state index >= 15 is 0 Å². The Kier molecular flexibility index (Phi) is 6.44. The number of primary amides is 1. The number of aromatic nitrogens is 2. The van der Waals surface area contributed by atoms with E-state index in [2.05, 4.69) is 15.7 Å². The third kappa shape index (κ3) is 5.13. The van der Waals surface area contributed by atoms with Crippen LogP contribution in [0.5, 0.6) is 0 Å². The predicted molar refractivity (Wildman–Crippen MR) is 117 cm³/mol. The zero-order valence-corrected chi connectivity index (χ0v) is 17.2. The molecule has 0 bridgehead atoms. The quantitative estimate of drug-likeness (QED) is 0.531. The Morgan fingerprint density at radius 1 is 1.03 bits per heavy atom. The van der Waals surface area contributed by atoms with E-state index in [9.17, 15) is 19.2 Å². The zero-order valence-electron chi connectivity index (χ0n) is 17.2. The molecule has 0 atom stereocenters. The fourth-order valence-corrected chi connectivity index (χ4v) is 3.07. The zero-order chi connectivity index (χ0) is 22.5. The Bertz CT molecular complexity index is 1220. The van der Waals surface area contributed by atoms with Gasteiger partial charge in [-0.05, 0) is 30.2 Å². The van der Waals surface area contributed by atoms with Crippen molar-refractivity contribution in [1.29, 1.82) is 0 Å². The highest BCUT2D eigenvalue weighted by Gasteiger charge is 2.18. The lowest BCUT2D eigenvalue weighted by molar-refractivity contribution is -0.117. The van der Waals surface area contributed by atoms with Crippen molar-refractivity contribution in [2.24, 2.45) is 11.7 Å². The molecular weight excluding hydrogens is 398 g/mol. The standard InChI is InChI=1S/C22H23N5O4/c1-13(2)12-27-22(31)17-9-4-3-8-16(17)19(26-27)21(30)25-15-7-5-6-14(10-15)20(29)24-11-18(23)28/h3-10,13H,11-12H2,1-2H3,(H2,23,28)(H,24,29)(H,25,30). The molecular formula is C22H23N5O4. The molecule has 9 heteroatoms. The SMILES string of the molecule is CC(C)Cn1nc(C(=O)Nc2cccc(C(=O)NCC(N)=O)c2)c2ccccc2c1=O. The van der Waals surface area contributed by atoms with Gasteiger partial charge < -0.3 is 16.4 Å². The van der Waals surface area contributed by atoms with Crippen LogP contribution in [0.2, 0.25) is 0 Å². The van der Waals surface area contributed by atoms with E-state index in [1.807, 2.05) is 13.8 Å². The molecule has 0 saturated carbocycles. The van der Waals surface area contributed by atoms with E-state index in [4.69, 9.17) is 5.73 Å². The second-order valence-electron chi connectivity index (χ2n) is 7.46. The minimum atomic E-state index is -0.660. The first kappa shape index (κ1) is 21.7. The van der Waals surface area contributed by atoms with Gasteiger partial charge in [0.25, 0.3) is 17.4 Å². The summed E-state index contributed by atoms with van der Waals surface area (Å²) in [6.07, 6.45) is 0. The van der Waals surface area contributed by atoms with Crippen molar-refractivity contribution in [3.05, 3.63) is 70.1 Å². The number of amides is 3. The molecule has 1 aromatic heterocycles. The fourth-order valence-electron chi connectivity index (χ4n) is 3.07. The maximum Gasteiger partial charge on any atom is 0.276 e. The third-order valence-electron chi connectivity index (χ3n) is 4.43. The Balaban J connectivity index is 1.93. The van der Waals surface area contributed by atoms with E-state index in [0.717, 1.165) is 0 Å². The lowest BCUT2D eigenvalue weighted by atomic mass is 10.1. The molecule has 160 valence electrons. The first-order valence-electron chi connectivity index (χ1n) is 9.74. The van der Waals surface area contributed by atoms with Crippen molar-refractivity contribution in [2.45, 2.75) is 20.4 Å². The van der Waals surface area contributed by atoms with Gasteiger partial charge in [-0.1, -0.05) is 38.1 Å². The number of hydrogen-bond acceptors (Lipinski definition) is 5. The third-order valence-corrected chi connectivity index (χ3v) is 4.43. The topological polar surface area (TPSA) is 136 Å². The number of rotatable bonds is 7. The van der Waals surface area contributed by atoms with Gasteiger partial charge in [0.1, 0.15) is 0 Å². The summed E-state index contributed by atoms with van der Waals surface area (Å²) in [4.78, 5) is 48.7. The molecule has 0 fully saturated rings. The Morgan fingerprint density at radius 2 is 1.74 bits per heavy atom. The molecule has 4 N–H and O–H groups in total. The first-order chi connectivity index (χ1) is 14.8. The maximum atomic E-state index is 13.0. The average molecular weight is 421 g/mol. The molecule has 9 nitrogen and oxygen atoms in total. The van der Waals surface area contributed by atoms with Crippen LogP contribution >= 0.6 is 0 Å². The molecule has 3 aromatic rings. The van der Waals surface area contributed by atoms with Crippen LogP contribution in [0.1, 0.15) is 34.7 Å². The van der Waals surface area contributed by atoms with Crippen molar-refractivity contribution < 1.29 is 14.4 Å². The Labute approximate surface area is 178 Å². The molecule has 0 radical (unpaired) electrons. The monoisotopic (exact) mass is 421 g/mol. The molecule has 0 saturated heterocycles. The molecule has 1 heterocycles. The number of anilines is 1. The van der Waals surface area contributed by atoms with Crippen molar-refractivity contribution in [1.82, 2.24) is 15.1 Å². The van der Waals surface area contributed by atoms with Gasteiger partial charge in [-0.2, -0.15) is 5.10 Å². The number of nitrogens with two attached hydrogens (primary N) is 1. The van der Waals surface area contributed by atoms with Gasteiger partial charge in [0.2, 0.25) is 5.91 Å². The highest BCUT2D eigenvalue weighted by atomic mass is 16.2. The van der Waals surface area contributed by atoms with Gasteiger partial charge in [0.05, 0.1) is 11.9 Å².